The SMILES string of the molecule is O=C(c1ccc2c(c1)CCC(=O)N2Cc1ccccc1)N1CCCCC1. The van der Waals surface area contributed by atoms with E-state index in [1.54, 1.807) is 0 Å². The molecule has 2 aliphatic heterocycles. The number of piperidine rings is 1. The fourth-order valence-electron chi connectivity index (χ4n) is 3.91. The summed E-state index contributed by atoms with van der Waals surface area (Å²) in [6.07, 6.45) is 4.61. The molecule has 1 fully saturated rings. The molecule has 26 heavy (non-hydrogen) atoms. The Morgan fingerprint density at radius 3 is 2.46 bits per heavy atom. The predicted octanol–water partition coefficient (Wildman–Crippen LogP) is 3.79. The van der Waals surface area contributed by atoms with Gasteiger partial charge in [0.2, 0.25) is 5.91 Å². The van der Waals surface area contributed by atoms with E-state index in [9.17, 15) is 9.59 Å². The zero-order valence-corrected chi connectivity index (χ0v) is 15.0. The smallest absolute Gasteiger partial charge is 0.253 e. The molecule has 0 aromatic heterocycles. The number of anilines is 1. The Morgan fingerprint density at radius 1 is 0.923 bits per heavy atom. The molecule has 0 saturated carbocycles. The topological polar surface area (TPSA) is 40.6 Å². The molecule has 4 nitrogen and oxygen atoms in total. The van der Waals surface area contributed by atoms with Crippen LogP contribution in [0.15, 0.2) is 48.5 Å². The molecule has 0 N–H and O–H groups in total. The molecule has 4 rings (SSSR count). The van der Waals surface area contributed by atoms with Gasteiger partial charge in [-0.3, -0.25) is 9.59 Å². The molecule has 4 heteroatoms. The molecule has 2 aromatic rings. The molecule has 134 valence electrons. The minimum Gasteiger partial charge on any atom is -0.339 e. The van der Waals surface area contributed by atoms with Gasteiger partial charge in [-0.05, 0) is 55.0 Å². The second-order valence-corrected chi connectivity index (χ2v) is 7.16. The van der Waals surface area contributed by atoms with Gasteiger partial charge in [0.05, 0.1) is 6.54 Å². The van der Waals surface area contributed by atoms with Crippen LogP contribution in [-0.4, -0.2) is 29.8 Å². The summed E-state index contributed by atoms with van der Waals surface area (Å²) in [4.78, 5) is 29.1. The highest BCUT2D eigenvalue weighted by atomic mass is 16.2. The third kappa shape index (κ3) is 3.36. The summed E-state index contributed by atoms with van der Waals surface area (Å²) in [5.41, 5.74) is 3.91. The van der Waals surface area contributed by atoms with E-state index in [4.69, 9.17) is 0 Å². The van der Waals surface area contributed by atoms with Crippen LogP contribution >= 0.6 is 0 Å². The third-order valence-electron chi connectivity index (χ3n) is 5.35. The first-order chi connectivity index (χ1) is 12.7. The minimum absolute atomic E-state index is 0.124. The van der Waals surface area contributed by atoms with Crippen molar-refractivity contribution in [1.82, 2.24) is 4.90 Å². The van der Waals surface area contributed by atoms with E-state index in [2.05, 4.69) is 0 Å². The Bertz CT molecular complexity index is 810. The summed E-state index contributed by atoms with van der Waals surface area (Å²) in [6, 6.07) is 15.9. The summed E-state index contributed by atoms with van der Waals surface area (Å²) in [7, 11) is 0. The zero-order valence-electron chi connectivity index (χ0n) is 15.0. The van der Waals surface area contributed by atoms with Crippen LogP contribution in [0, 0.1) is 0 Å². The number of rotatable bonds is 3. The molecule has 0 atom stereocenters. The molecule has 0 spiro atoms. The lowest BCUT2D eigenvalue weighted by Crippen LogP contribution is -2.36. The monoisotopic (exact) mass is 348 g/mol. The Morgan fingerprint density at radius 2 is 1.69 bits per heavy atom. The van der Waals surface area contributed by atoms with Crippen molar-refractivity contribution in [1.29, 1.82) is 0 Å². The Labute approximate surface area is 154 Å². The summed E-state index contributed by atoms with van der Waals surface area (Å²) in [5.74, 6) is 0.274. The van der Waals surface area contributed by atoms with E-state index in [0.717, 1.165) is 48.3 Å². The largest absolute Gasteiger partial charge is 0.339 e. The van der Waals surface area contributed by atoms with Gasteiger partial charge in [0.15, 0.2) is 0 Å². The number of carbonyl (C=O) groups excluding carboxylic acids is 2. The number of hydrogen-bond acceptors (Lipinski definition) is 2. The lowest BCUT2D eigenvalue weighted by Gasteiger charge is -2.31. The lowest BCUT2D eigenvalue weighted by molar-refractivity contribution is -0.119. The van der Waals surface area contributed by atoms with Gasteiger partial charge in [0, 0.05) is 30.8 Å². The maximum absolute atomic E-state index is 12.8. The number of amides is 2. The van der Waals surface area contributed by atoms with E-state index < -0.39 is 0 Å². The molecule has 2 heterocycles. The van der Waals surface area contributed by atoms with Gasteiger partial charge in [0.1, 0.15) is 0 Å². The molecule has 1 saturated heterocycles. The minimum atomic E-state index is 0.124. The standard InChI is InChI=1S/C22H24N2O2/c25-21-12-10-18-15-19(22(26)23-13-5-2-6-14-23)9-11-20(18)24(21)16-17-7-3-1-4-8-17/h1,3-4,7-9,11,15H,2,5-6,10,12-14,16H2. The number of benzene rings is 2. The van der Waals surface area contributed by atoms with Crippen LogP contribution in [-0.2, 0) is 17.8 Å². The molecular weight excluding hydrogens is 324 g/mol. The lowest BCUT2D eigenvalue weighted by atomic mass is 9.97. The average Bonchev–Trinajstić information content (AvgIpc) is 2.71. The van der Waals surface area contributed by atoms with Crippen molar-refractivity contribution in [2.45, 2.75) is 38.6 Å². The maximum atomic E-state index is 12.8. The highest BCUT2D eigenvalue weighted by Crippen LogP contribution is 2.30. The van der Waals surface area contributed by atoms with Gasteiger partial charge < -0.3 is 9.80 Å². The van der Waals surface area contributed by atoms with E-state index >= 15 is 0 Å². The molecule has 2 amide bonds. The van der Waals surface area contributed by atoms with E-state index in [0.29, 0.717) is 19.4 Å². The first-order valence-corrected chi connectivity index (χ1v) is 9.49. The van der Waals surface area contributed by atoms with Crippen LogP contribution in [0.5, 0.6) is 0 Å². The van der Waals surface area contributed by atoms with Crippen LogP contribution in [0.3, 0.4) is 0 Å². The molecule has 0 aliphatic carbocycles. The summed E-state index contributed by atoms with van der Waals surface area (Å²) >= 11 is 0. The normalized spacial score (nSPS) is 17.2. The van der Waals surface area contributed by atoms with E-state index in [-0.39, 0.29) is 11.8 Å². The van der Waals surface area contributed by atoms with E-state index in [1.165, 1.54) is 6.42 Å². The van der Waals surface area contributed by atoms with Crippen LogP contribution in [0.1, 0.15) is 47.2 Å². The highest BCUT2D eigenvalue weighted by Gasteiger charge is 2.26. The number of hydrogen-bond donors (Lipinski definition) is 0. The second kappa shape index (κ2) is 7.32. The fraction of sp³-hybridized carbons (Fsp3) is 0.364. The Kier molecular flexibility index (Phi) is 4.74. The number of likely N-dealkylation sites (tertiary alicyclic amines) is 1. The highest BCUT2D eigenvalue weighted by molar-refractivity contribution is 5.99. The van der Waals surface area contributed by atoms with Gasteiger partial charge in [-0.25, -0.2) is 0 Å². The quantitative estimate of drug-likeness (QED) is 0.847. The van der Waals surface area contributed by atoms with Crippen molar-refractivity contribution < 1.29 is 9.59 Å². The number of nitrogens with zero attached hydrogens (tertiary/aromatic N) is 2. The first kappa shape index (κ1) is 16.8. The van der Waals surface area contributed by atoms with Crippen LogP contribution in [0.25, 0.3) is 0 Å². The summed E-state index contributed by atoms with van der Waals surface area (Å²) in [5, 5.41) is 0. The summed E-state index contributed by atoms with van der Waals surface area (Å²) < 4.78 is 0. The predicted molar refractivity (Wildman–Crippen MR) is 102 cm³/mol. The number of fused-ring (bicyclic) bond motifs is 1. The maximum Gasteiger partial charge on any atom is 0.253 e. The Hall–Kier alpha value is -2.62. The molecule has 2 aliphatic rings. The van der Waals surface area contributed by atoms with Gasteiger partial charge >= 0.3 is 0 Å². The van der Waals surface area contributed by atoms with Crippen LogP contribution < -0.4 is 4.90 Å². The number of carbonyl (C=O) groups is 2. The van der Waals surface area contributed by atoms with Crippen LogP contribution in [0.2, 0.25) is 0 Å². The molecule has 0 bridgehead atoms. The second-order valence-electron chi connectivity index (χ2n) is 7.16. The van der Waals surface area contributed by atoms with Crippen molar-refractivity contribution in [3.05, 3.63) is 65.2 Å². The fourth-order valence-corrected chi connectivity index (χ4v) is 3.91. The molecule has 0 unspecified atom stereocenters. The van der Waals surface area contributed by atoms with Crippen LogP contribution in [0.4, 0.5) is 5.69 Å². The molecule has 2 aromatic carbocycles. The van der Waals surface area contributed by atoms with Gasteiger partial charge in [-0.15, -0.1) is 0 Å². The zero-order chi connectivity index (χ0) is 17.9. The van der Waals surface area contributed by atoms with Crippen molar-refractivity contribution in [2.75, 3.05) is 18.0 Å². The average molecular weight is 348 g/mol. The summed E-state index contributed by atoms with van der Waals surface area (Å²) in [6.45, 7) is 2.29. The van der Waals surface area contributed by atoms with Gasteiger partial charge in [0.25, 0.3) is 5.91 Å². The molecular formula is C22H24N2O2. The van der Waals surface area contributed by atoms with Crippen molar-refractivity contribution in [2.24, 2.45) is 0 Å². The van der Waals surface area contributed by atoms with Gasteiger partial charge in [-0.2, -0.15) is 0 Å². The first-order valence-electron chi connectivity index (χ1n) is 9.49. The molecule has 0 radical (unpaired) electrons. The van der Waals surface area contributed by atoms with Crippen molar-refractivity contribution >= 4 is 17.5 Å². The number of aryl methyl sites for hydroxylation is 1. The van der Waals surface area contributed by atoms with E-state index in [1.807, 2.05) is 58.3 Å². The van der Waals surface area contributed by atoms with Crippen molar-refractivity contribution in [3.63, 3.8) is 0 Å². The van der Waals surface area contributed by atoms with Gasteiger partial charge in [-0.1, -0.05) is 30.3 Å². The van der Waals surface area contributed by atoms with Crippen molar-refractivity contribution in [3.8, 4) is 0 Å². The third-order valence-corrected chi connectivity index (χ3v) is 5.35. The Balaban J connectivity index is 1.59.